The van der Waals surface area contributed by atoms with E-state index >= 15 is 0 Å². The third-order valence-corrected chi connectivity index (χ3v) is 4.16. The number of rotatable bonds is 4. The topological polar surface area (TPSA) is 84.0 Å². The van der Waals surface area contributed by atoms with Crippen LogP contribution in [0.4, 0.5) is 24.5 Å². The summed E-state index contributed by atoms with van der Waals surface area (Å²) >= 11 is 0. The van der Waals surface area contributed by atoms with E-state index in [1.54, 1.807) is 31.2 Å². The zero-order chi connectivity index (χ0) is 21.9. The highest BCUT2D eigenvalue weighted by molar-refractivity contribution is 6.05. The van der Waals surface area contributed by atoms with Gasteiger partial charge in [-0.1, -0.05) is 12.1 Å². The lowest BCUT2D eigenvalue weighted by molar-refractivity contribution is -0.137. The molecule has 0 saturated heterocycles. The van der Waals surface area contributed by atoms with E-state index in [-0.39, 0.29) is 17.3 Å². The quantitative estimate of drug-likeness (QED) is 0.649. The number of anilines is 2. The van der Waals surface area contributed by atoms with E-state index in [1.807, 2.05) is 0 Å². The van der Waals surface area contributed by atoms with Crippen LogP contribution < -0.4 is 10.6 Å². The Hall–Kier alpha value is -3.75. The average molecular weight is 414 g/mol. The van der Waals surface area contributed by atoms with E-state index in [0.29, 0.717) is 22.6 Å². The number of aryl methyl sites for hydroxylation is 1. The summed E-state index contributed by atoms with van der Waals surface area (Å²) in [5.74, 6) is -0.413. The van der Waals surface area contributed by atoms with E-state index in [0.717, 1.165) is 12.1 Å². The Morgan fingerprint density at radius 1 is 0.900 bits per heavy atom. The van der Waals surface area contributed by atoms with Gasteiger partial charge >= 0.3 is 6.18 Å². The monoisotopic (exact) mass is 414 g/mol. The summed E-state index contributed by atoms with van der Waals surface area (Å²) < 4.78 is 38.1. The van der Waals surface area contributed by atoms with Gasteiger partial charge in [-0.05, 0) is 43.3 Å². The molecule has 0 aliphatic heterocycles. The van der Waals surface area contributed by atoms with Crippen molar-refractivity contribution in [3.63, 3.8) is 0 Å². The van der Waals surface area contributed by atoms with Crippen LogP contribution in [0.25, 0.3) is 11.4 Å². The van der Waals surface area contributed by atoms with Gasteiger partial charge < -0.3 is 10.6 Å². The highest BCUT2D eigenvalue weighted by Crippen LogP contribution is 2.30. The number of hydrogen-bond acceptors (Lipinski definition) is 4. The first-order chi connectivity index (χ1) is 14.1. The maximum atomic E-state index is 12.7. The Bertz CT molecular complexity index is 1080. The number of benzene rings is 2. The van der Waals surface area contributed by atoms with Crippen molar-refractivity contribution >= 4 is 23.2 Å². The molecule has 9 heteroatoms. The normalized spacial score (nSPS) is 11.1. The van der Waals surface area contributed by atoms with Gasteiger partial charge in [-0.3, -0.25) is 9.59 Å². The first kappa shape index (κ1) is 21.0. The number of amides is 2. The van der Waals surface area contributed by atoms with Crippen LogP contribution in [0.1, 0.15) is 28.5 Å². The Morgan fingerprint density at radius 2 is 1.47 bits per heavy atom. The van der Waals surface area contributed by atoms with Crippen molar-refractivity contribution in [2.24, 2.45) is 0 Å². The van der Waals surface area contributed by atoms with Crippen LogP contribution in [-0.4, -0.2) is 21.8 Å². The number of carbonyl (C=O) groups excluding carboxylic acids is 2. The van der Waals surface area contributed by atoms with Gasteiger partial charge in [0.2, 0.25) is 5.91 Å². The zero-order valence-corrected chi connectivity index (χ0v) is 16.0. The zero-order valence-electron chi connectivity index (χ0n) is 16.0. The van der Waals surface area contributed by atoms with Crippen LogP contribution in [0, 0.1) is 6.92 Å². The maximum Gasteiger partial charge on any atom is 0.416 e. The fraction of sp³-hybridized carbons (Fsp3) is 0.143. The summed E-state index contributed by atoms with van der Waals surface area (Å²) in [5, 5.41) is 5.33. The molecule has 0 bridgehead atoms. The van der Waals surface area contributed by atoms with Gasteiger partial charge in [0.05, 0.1) is 16.8 Å². The average Bonchev–Trinajstić information content (AvgIpc) is 2.68. The third kappa shape index (κ3) is 4.99. The Balaban J connectivity index is 1.74. The molecule has 0 spiro atoms. The molecule has 0 unspecified atom stereocenters. The summed E-state index contributed by atoms with van der Waals surface area (Å²) in [5.41, 5.74) is 1.38. The lowest BCUT2D eigenvalue weighted by Gasteiger charge is -2.10. The minimum atomic E-state index is -4.42. The Morgan fingerprint density at radius 3 is 1.97 bits per heavy atom. The van der Waals surface area contributed by atoms with E-state index in [1.165, 1.54) is 25.3 Å². The largest absolute Gasteiger partial charge is 0.416 e. The van der Waals surface area contributed by atoms with E-state index in [2.05, 4.69) is 20.6 Å². The fourth-order valence-corrected chi connectivity index (χ4v) is 2.68. The van der Waals surface area contributed by atoms with Crippen LogP contribution in [0.15, 0.2) is 54.7 Å². The van der Waals surface area contributed by atoms with Gasteiger partial charge in [-0.15, -0.1) is 0 Å². The van der Waals surface area contributed by atoms with Crippen LogP contribution in [0.2, 0.25) is 0 Å². The SMILES string of the molecule is CC(=O)Nc1ccc(NC(=O)c2cnc(-c3ccc(C(F)(F)F)cc3)nc2C)cc1. The number of aromatic nitrogens is 2. The minimum Gasteiger partial charge on any atom is -0.326 e. The smallest absolute Gasteiger partial charge is 0.326 e. The molecule has 154 valence electrons. The molecule has 0 radical (unpaired) electrons. The molecule has 0 fully saturated rings. The molecule has 0 aliphatic rings. The first-order valence-corrected chi connectivity index (χ1v) is 8.84. The van der Waals surface area contributed by atoms with Crippen LogP contribution >= 0.6 is 0 Å². The fourth-order valence-electron chi connectivity index (χ4n) is 2.68. The summed E-state index contributed by atoms with van der Waals surface area (Å²) in [4.78, 5) is 31.9. The molecule has 3 rings (SSSR count). The molecule has 2 N–H and O–H groups in total. The first-order valence-electron chi connectivity index (χ1n) is 8.84. The molecular formula is C21H17F3N4O2. The molecule has 2 aromatic carbocycles. The van der Waals surface area contributed by atoms with Crippen LogP contribution in [-0.2, 0) is 11.0 Å². The van der Waals surface area contributed by atoms with E-state index < -0.39 is 17.6 Å². The van der Waals surface area contributed by atoms with Crippen molar-refractivity contribution in [3.05, 3.63) is 71.5 Å². The van der Waals surface area contributed by atoms with Crippen molar-refractivity contribution < 1.29 is 22.8 Å². The summed E-state index contributed by atoms with van der Waals surface area (Å²) in [6.07, 6.45) is -3.09. The number of alkyl halides is 3. The van der Waals surface area contributed by atoms with Crippen molar-refractivity contribution in [3.8, 4) is 11.4 Å². The molecule has 30 heavy (non-hydrogen) atoms. The lowest BCUT2D eigenvalue weighted by Crippen LogP contribution is -2.15. The Kier molecular flexibility index (Phi) is 5.81. The summed E-state index contributed by atoms with van der Waals surface area (Å²) in [6.45, 7) is 3.01. The molecule has 6 nitrogen and oxygen atoms in total. The van der Waals surface area contributed by atoms with E-state index in [9.17, 15) is 22.8 Å². The highest BCUT2D eigenvalue weighted by atomic mass is 19.4. The van der Waals surface area contributed by atoms with Crippen LogP contribution in [0.3, 0.4) is 0 Å². The van der Waals surface area contributed by atoms with Crippen molar-refractivity contribution in [2.75, 3.05) is 10.6 Å². The molecule has 3 aromatic rings. The molecular weight excluding hydrogens is 397 g/mol. The second-order valence-electron chi connectivity index (χ2n) is 6.48. The third-order valence-electron chi connectivity index (χ3n) is 4.16. The van der Waals surface area contributed by atoms with Gasteiger partial charge in [0.1, 0.15) is 0 Å². The lowest BCUT2D eigenvalue weighted by atomic mass is 10.1. The number of nitrogens with zero attached hydrogens (tertiary/aromatic N) is 2. The minimum absolute atomic E-state index is 0.201. The number of carbonyl (C=O) groups is 2. The summed E-state index contributed by atoms with van der Waals surface area (Å²) in [6, 6.07) is 11.1. The van der Waals surface area contributed by atoms with Gasteiger partial charge in [0.15, 0.2) is 5.82 Å². The molecule has 1 aromatic heterocycles. The predicted octanol–water partition coefficient (Wildman–Crippen LogP) is 4.68. The summed E-state index contributed by atoms with van der Waals surface area (Å²) in [7, 11) is 0. The van der Waals surface area contributed by atoms with Crippen LogP contribution in [0.5, 0.6) is 0 Å². The maximum absolute atomic E-state index is 12.7. The Labute approximate surface area is 170 Å². The molecule has 1 heterocycles. The van der Waals surface area contributed by atoms with E-state index in [4.69, 9.17) is 0 Å². The molecule has 0 atom stereocenters. The van der Waals surface area contributed by atoms with Crippen molar-refractivity contribution in [2.45, 2.75) is 20.0 Å². The second kappa shape index (κ2) is 8.32. The standard InChI is InChI=1S/C21H17F3N4O2/c1-12-18(20(30)28-17-9-7-16(8-10-17)27-13(2)29)11-25-19(26-12)14-3-5-15(6-4-14)21(22,23)24/h3-11H,1-2H3,(H,27,29)(H,28,30). The predicted molar refractivity (Wildman–Crippen MR) is 106 cm³/mol. The van der Waals surface area contributed by atoms with Gasteiger partial charge in [0.25, 0.3) is 5.91 Å². The van der Waals surface area contributed by atoms with Gasteiger partial charge in [0, 0.05) is 30.1 Å². The number of halogens is 3. The molecule has 2 amide bonds. The van der Waals surface area contributed by atoms with Crippen molar-refractivity contribution in [1.82, 2.24) is 9.97 Å². The molecule has 0 aliphatic carbocycles. The van der Waals surface area contributed by atoms with Crippen molar-refractivity contribution in [1.29, 1.82) is 0 Å². The van der Waals surface area contributed by atoms with Gasteiger partial charge in [-0.2, -0.15) is 13.2 Å². The number of nitrogens with one attached hydrogen (secondary N) is 2. The van der Waals surface area contributed by atoms with Gasteiger partial charge in [-0.25, -0.2) is 9.97 Å². The highest BCUT2D eigenvalue weighted by Gasteiger charge is 2.30. The second-order valence-corrected chi connectivity index (χ2v) is 6.48. The number of hydrogen-bond donors (Lipinski definition) is 2. The molecule has 0 saturated carbocycles.